The Kier molecular flexibility index (Phi) is 38.5. The van der Waals surface area contributed by atoms with E-state index in [0.717, 1.165) is 19.6 Å². The summed E-state index contributed by atoms with van der Waals surface area (Å²) in [5.41, 5.74) is 0. The average molecular weight is 575 g/mol. The first-order chi connectivity index (χ1) is 19.9. The van der Waals surface area contributed by atoms with Crippen LogP contribution in [0.15, 0.2) is 0 Å². The second kappa shape index (κ2) is 38.8. The summed E-state index contributed by atoms with van der Waals surface area (Å²) in [6, 6.07) is 0. The van der Waals surface area contributed by atoms with Gasteiger partial charge in [0.1, 0.15) is 0 Å². The fourth-order valence-corrected chi connectivity index (χ4v) is 4.58. The summed E-state index contributed by atoms with van der Waals surface area (Å²) in [6.07, 6.45) is 27.3. The van der Waals surface area contributed by atoms with Gasteiger partial charge in [-0.25, -0.2) is 0 Å². The molecule has 0 aromatic rings. The Balaban J connectivity index is 3.01. The van der Waals surface area contributed by atoms with E-state index >= 15 is 0 Å². The van der Waals surface area contributed by atoms with Gasteiger partial charge in [0.2, 0.25) is 0 Å². The highest BCUT2D eigenvalue weighted by molar-refractivity contribution is 4.50. The Bertz CT molecular complexity index is 385. The summed E-state index contributed by atoms with van der Waals surface area (Å²) >= 11 is 0. The largest absolute Gasteiger partial charge is 0.379 e. The average Bonchev–Trinajstić information content (AvgIpc) is 2.97. The zero-order valence-corrected chi connectivity index (χ0v) is 27.1. The van der Waals surface area contributed by atoms with E-state index in [9.17, 15) is 0 Å². The molecular formula is C34H70O6. The maximum absolute atomic E-state index is 5.68. The van der Waals surface area contributed by atoms with Gasteiger partial charge in [0.05, 0.1) is 66.1 Å². The lowest BCUT2D eigenvalue weighted by molar-refractivity contribution is -0.0169. The summed E-state index contributed by atoms with van der Waals surface area (Å²) in [7, 11) is 0. The Hall–Kier alpha value is -0.240. The van der Waals surface area contributed by atoms with Crippen LogP contribution in [0, 0.1) is 0 Å². The molecule has 6 nitrogen and oxygen atoms in total. The van der Waals surface area contributed by atoms with Gasteiger partial charge in [0, 0.05) is 13.2 Å². The van der Waals surface area contributed by atoms with Crippen molar-refractivity contribution < 1.29 is 28.4 Å². The smallest absolute Gasteiger partial charge is 0.0701 e. The molecule has 0 saturated heterocycles. The van der Waals surface area contributed by atoms with Gasteiger partial charge in [-0.2, -0.15) is 0 Å². The number of hydrogen-bond acceptors (Lipinski definition) is 6. The van der Waals surface area contributed by atoms with Crippen molar-refractivity contribution in [2.75, 3.05) is 79.3 Å². The van der Waals surface area contributed by atoms with Crippen molar-refractivity contribution >= 4 is 0 Å². The van der Waals surface area contributed by atoms with Gasteiger partial charge in [0.15, 0.2) is 0 Å². The molecule has 0 saturated carbocycles. The predicted octanol–water partition coefficient (Wildman–Crippen LogP) is 8.93. The van der Waals surface area contributed by atoms with Crippen molar-refractivity contribution in [3.63, 3.8) is 0 Å². The quantitative estimate of drug-likeness (QED) is 0.0691. The topological polar surface area (TPSA) is 55.4 Å². The van der Waals surface area contributed by atoms with E-state index in [0.29, 0.717) is 66.1 Å². The van der Waals surface area contributed by atoms with Crippen LogP contribution < -0.4 is 0 Å². The van der Waals surface area contributed by atoms with Crippen molar-refractivity contribution in [2.45, 2.75) is 142 Å². The van der Waals surface area contributed by atoms with Gasteiger partial charge in [-0.3, -0.25) is 0 Å². The fourth-order valence-electron chi connectivity index (χ4n) is 4.58. The van der Waals surface area contributed by atoms with E-state index in [1.807, 2.05) is 0 Å². The van der Waals surface area contributed by atoms with E-state index < -0.39 is 0 Å². The van der Waals surface area contributed by atoms with Crippen molar-refractivity contribution in [3.05, 3.63) is 0 Å². The molecule has 0 aromatic heterocycles. The molecule has 0 N–H and O–H groups in total. The summed E-state index contributed by atoms with van der Waals surface area (Å²) in [6.45, 7) is 12.4. The Morgan fingerprint density at radius 3 is 0.625 bits per heavy atom. The molecule has 0 radical (unpaired) electrons. The highest BCUT2D eigenvalue weighted by Crippen LogP contribution is 2.13. The van der Waals surface area contributed by atoms with Crippen molar-refractivity contribution in [1.29, 1.82) is 0 Å². The second-order valence-corrected chi connectivity index (χ2v) is 11.0. The molecule has 6 heteroatoms. The van der Waals surface area contributed by atoms with Gasteiger partial charge in [-0.15, -0.1) is 0 Å². The monoisotopic (exact) mass is 575 g/mol. The van der Waals surface area contributed by atoms with Gasteiger partial charge in [-0.1, -0.05) is 129 Å². The number of ether oxygens (including phenoxy) is 6. The molecule has 0 amide bonds. The third kappa shape index (κ3) is 37.8. The zero-order valence-electron chi connectivity index (χ0n) is 27.1. The SMILES string of the molecule is CCCCCCCCCCCCCCCCCCOCCOCCOCCOCCOCCOCCCCCC. The van der Waals surface area contributed by atoms with Crippen molar-refractivity contribution in [3.8, 4) is 0 Å². The molecule has 242 valence electrons. The lowest BCUT2D eigenvalue weighted by Gasteiger charge is -2.08. The van der Waals surface area contributed by atoms with Crippen LogP contribution in [0.1, 0.15) is 142 Å². The standard InChI is InChI=1S/C34H70O6/c1-3-5-7-9-10-11-12-13-14-15-16-17-18-19-20-22-24-36-26-28-38-30-32-40-34-33-39-31-29-37-27-25-35-23-21-8-6-4-2/h3-34H2,1-2H3. The molecule has 0 atom stereocenters. The summed E-state index contributed by atoms with van der Waals surface area (Å²) in [5.74, 6) is 0. The predicted molar refractivity (Wildman–Crippen MR) is 169 cm³/mol. The molecule has 0 heterocycles. The minimum atomic E-state index is 0.583. The van der Waals surface area contributed by atoms with Crippen LogP contribution >= 0.6 is 0 Å². The molecule has 0 aliphatic carbocycles. The summed E-state index contributed by atoms with van der Waals surface area (Å²) in [4.78, 5) is 0. The zero-order chi connectivity index (χ0) is 28.9. The molecule has 0 aromatic carbocycles. The Labute approximate surface area is 249 Å². The number of rotatable bonds is 37. The maximum Gasteiger partial charge on any atom is 0.0701 e. The third-order valence-corrected chi connectivity index (χ3v) is 7.14. The van der Waals surface area contributed by atoms with Gasteiger partial charge in [-0.05, 0) is 12.8 Å². The van der Waals surface area contributed by atoms with Crippen LogP contribution in [-0.2, 0) is 28.4 Å². The molecule has 0 spiro atoms. The molecular weight excluding hydrogens is 504 g/mol. The normalized spacial score (nSPS) is 11.6. The first-order valence-corrected chi connectivity index (χ1v) is 17.4. The minimum absolute atomic E-state index is 0.583. The van der Waals surface area contributed by atoms with Gasteiger partial charge >= 0.3 is 0 Å². The van der Waals surface area contributed by atoms with E-state index in [2.05, 4.69) is 13.8 Å². The molecule has 0 rings (SSSR count). The first-order valence-electron chi connectivity index (χ1n) is 17.4. The first kappa shape index (κ1) is 39.8. The van der Waals surface area contributed by atoms with E-state index in [4.69, 9.17) is 28.4 Å². The Morgan fingerprint density at radius 1 is 0.200 bits per heavy atom. The van der Waals surface area contributed by atoms with E-state index in [1.165, 1.54) is 122 Å². The van der Waals surface area contributed by atoms with Crippen molar-refractivity contribution in [1.82, 2.24) is 0 Å². The molecule has 0 fully saturated rings. The lowest BCUT2D eigenvalue weighted by atomic mass is 10.0. The molecule has 0 aliphatic heterocycles. The summed E-state index contributed by atoms with van der Waals surface area (Å²) in [5, 5.41) is 0. The van der Waals surface area contributed by atoms with Gasteiger partial charge < -0.3 is 28.4 Å². The molecule has 0 bridgehead atoms. The molecule has 0 unspecified atom stereocenters. The molecule has 0 aliphatic rings. The Morgan fingerprint density at radius 2 is 0.375 bits per heavy atom. The fraction of sp³-hybridized carbons (Fsp3) is 1.00. The van der Waals surface area contributed by atoms with Crippen LogP contribution in [-0.4, -0.2) is 79.3 Å². The van der Waals surface area contributed by atoms with Crippen LogP contribution in [0.3, 0.4) is 0 Å². The third-order valence-electron chi connectivity index (χ3n) is 7.14. The number of unbranched alkanes of at least 4 members (excludes halogenated alkanes) is 18. The van der Waals surface area contributed by atoms with Crippen LogP contribution in [0.5, 0.6) is 0 Å². The van der Waals surface area contributed by atoms with E-state index in [-0.39, 0.29) is 0 Å². The summed E-state index contributed by atoms with van der Waals surface area (Å²) < 4.78 is 33.3. The second-order valence-electron chi connectivity index (χ2n) is 11.0. The van der Waals surface area contributed by atoms with Crippen molar-refractivity contribution in [2.24, 2.45) is 0 Å². The van der Waals surface area contributed by atoms with Crippen LogP contribution in [0.25, 0.3) is 0 Å². The minimum Gasteiger partial charge on any atom is -0.379 e. The van der Waals surface area contributed by atoms with Gasteiger partial charge in [0.25, 0.3) is 0 Å². The van der Waals surface area contributed by atoms with E-state index in [1.54, 1.807) is 0 Å². The van der Waals surface area contributed by atoms with Crippen LogP contribution in [0.4, 0.5) is 0 Å². The highest BCUT2D eigenvalue weighted by atomic mass is 16.6. The lowest BCUT2D eigenvalue weighted by Crippen LogP contribution is -2.14. The number of hydrogen-bond donors (Lipinski definition) is 0. The highest BCUT2D eigenvalue weighted by Gasteiger charge is 1.97. The maximum atomic E-state index is 5.68. The molecule has 40 heavy (non-hydrogen) atoms. The van der Waals surface area contributed by atoms with Crippen LogP contribution in [0.2, 0.25) is 0 Å².